The first kappa shape index (κ1) is 26.5. The lowest BCUT2D eigenvalue weighted by molar-refractivity contribution is -0.128. The molecule has 2 amide bonds. The zero-order valence-electron chi connectivity index (χ0n) is 19.3. The van der Waals surface area contributed by atoms with Crippen molar-refractivity contribution in [2.24, 2.45) is 11.1 Å². The molecule has 0 bridgehead atoms. The van der Waals surface area contributed by atoms with Gasteiger partial charge in [0.2, 0.25) is 21.8 Å². The number of hydrogen-bond donors (Lipinski definition) is 2. The van der Waals surface area contributed by atoms with Crippen LogP contribution in [-0.4, -0.2) is 61.5 Å². The molecule has 0 aliphatic carbocycles. The van der Waals surface area contributed by atoms with Crippen molar-refractivity contribution in [1.82, 2.24) is 14.6 Å². The van der Waals surface area contributed by atoms with E-state index < -0.39 is 33.0 Å². The number of sulfonamides is 1. The average molecular weight is 487 g/mol. The topological polar surface area (TPSA) is 141 Å². The molecule has 2 heterocycles. The second-order valence-electron chi connectivity index (χ2n) is 9.07. The Morgan fingerprint density at radius 3 is 2.42 bits per heavy atom. The van der Waals surface area contributed by atoms with Gasteiger partial charge in [0.25, 0.3) is 0 Å². The van der Waals surface area contributed by atoms with E-state index in [2.05, 4.69) is 10.3 Å². The van der Waals surface area contributed by atoms with Crippen molar-refractivity contribution in [2.45, 2.75) is 51.0 Å². The van der Waals surface area contributed by atoms with E-state index in [1.807, 2.05) is 0 Å². The third kappa shape index (κ3) is 7.39. The number of nitrogens with one attached hydrogen (secondary N) is 1. The number of halogens is 1. The maximum Gasteiger partial charge on any atom is 0.407 e. The first-order valence-corrected chi connectivity index (χ1v) is 11.8. The minimum Gasteiger partial charge on any atom is -0.473 e. The predicted molar refractivity (Wildman–Crippen MR) is 118 cm³/mol. The Morgan fingerprint density at radius 1 is 1.30 bits per heavy atom. The maximum atomic E-state index is 13.1. The van der Waals surface area contributed by atoms with Crippen LogP contribution in [0.3, 0.4) is 0 Å². The minimum absolute atomic E-state index is 0.0228. The normalized spacial score (nSPS) is 17.3. The standard InChI is InChI=1S/C21H31FN4O6S/c1-20(2,3)32-19(28)25-12-15(11-22)14-31-17-6-5-16(13-24-17)33(29,30)26-9-7-21(4,8-10-26)18(23)27/h5-6,11,13H,7-10,12,14H2,1-4H3,(H2,23,27)(H,25,28). The van der Waals surface area contributed by atoms with Gasteiger partial charge in [-0.2, -0.15) is 4.31 Å². The molecule has 33 heavy (non-hydrogen) atoms. The number of primary amides is 1. The minimum atomic E-state index is -3.79. The molecule has 1 aliphatic rings. The van der Waals surface area contributed by atoms with Crippen LogP contribution in [-0.2, 0) is 19.6 Å². The van der Waals surface area contributed by atoms with Crippen LogP contribution >= 0.6 is 0 Å². The Bertz CT molecular complexity index is 981. The van der Waals surface area contributed by atoms with Crippen molar-refractivity contribution < 1.29 is 31.9 Å². The van der Waals surface area contributed by atoms with E-state index in [4.69, 9.17) is 15.2 Å². The fourth-order valence-electron chi connectivity index (χ4n) is 3.01. The van der Waals surface area contributed by atoms with E-state index in [9.17, 15) is 22.4 Å². The number of piperidine rings is 1. The van der Waals surface area contributed by atoms with Gasteiger partial charge in [-0.3, -0.25) is 4.79 Å². The van der Waals surface area contributed by atoms with E-state index in [-0.39, 0.29) is 42.6 Å². The molecule has 1 aliphatic heterocycles. The van der Waals surface area contributed by atoms with E-state index in [1.54, 1.807) is 27.7 Å². The summed E-state index contributed by atoms with van der Waals surface area (Å²) in [5, 5.41) is 2.42. The largest absolute Gasteiger partial charge is 0.473 e. The highest BCUT2D eigenvalue weighted by atomic mass is 32.2. The second-order valence-corrected chi connectivity index (χ2v) is 11.0. The number of hydrogen-bond acceptors (Lipinski definition) is 7. The lowest BCUT2D eigenvalue weighted by Crippen LogP contribution is -2.47. The SMILES string of the molecule is CC(C)(C)OC(=O)NCC(=CF)COc1ccc(S(=O)(=O)N2CCC(C)(C(N)=O)CC2)cn1. The molecule has 2 rings (SSSR count). The molecule has 1 fully saturated rings. The summed E-state index contributed by atoms with van der Waals surface area (Å²) in [5.41, 5.74) is 4.15. The monoisotopic (exact) mass is 486 g/mol. The molecule has 184 valence electrons. The Labute approximate surface area is 193 Å². The molecule has 3 N–H and O–H groups in total. The summed E-state index contributed by atoms with van der Waals surface area (Å²) in [7, 11) is -3.79. The number of aromatic nitrogens is 1. The third-order valence-corrected chi connectivity index (χ3v) is 7.07. The van der Waals surface area contributed by atoms with Gasteiger partial charge in [0.05, 0.1) is 12.5 Å². The number of nitrogens with zero attached hydrogens (tertiary/aromatic N) is 2. The number of pyridine rings is 1. The summed E-state index contributed by atoms with van der Waals surface area (Å²) in [4.78, 5) is 27.2. The number of carbonyl (C=O) groups excluding carboxylic acids is 2. The van der Waals surface area contributed by atoms with Gasteiger partial charge in [0, 0.05) is 36.7 Å². The van der Waals surface area contributed by atoms with Crippen LogP contribution in [0.25, 0.3) is 0 Å². The second kappa shape index (κ2) is 10.5. The van der Waals surface area contributed by atoms with Gasteiger partial charge < -0.3 is 20.5 Å². The van der Waals surface area contributed by atoms with Crippen molar-refractivity contribution in [1.29, 1.82) is 0 Å². The molecule has 0 spiro atoms. The fraction of sp³-hybridized carbons (Fsp3) is 0.571. The number of carbonyl (C=O) groups is 2. The Balaban J connectivity index is 1.91. The van der Waals surface area contributed by atoms with Crippen molar-refractivity contribution in [3.8, 4) is 5.88 Å². The molecule has 10 nitrogen and oxygen atoms in total. The van der Waals surface area contributed by atoms with Gasteiger partial charge in [0.15, 0.2) is 0 Å². The van der Waals surface area contributed by atoms with Crippen LogP contribution in [0, 0.1) is 5.41 Å². The molecule has 0 atom stereocenters. The van der Waals surface area contributed by atoms with Crippen LogP contribution in [0.15, 0.2) is 35.1 Å². The van der Waals surface area contributed by atoms with Crippen molar-refractivity contribution in [3.63, 3.8) is 0 Å². The highest BCUT2D eigenvalue weighted by Crippen LogP contribution is 2.32. The summed E-state index contributed by atoms with van der Waals surface area (Å²) in [6.45, 7) is 6.88. The number of alkyl carbamates (subject to hydrolysis) is 1. The van der Waals surface area contributed by atoms with Crippen molar-refractivity contribution >= 4 is 22.0 Å². The van der Waals surface area contributed by atoms with Gasteiger partial charge in [-0.1, -0.05) is 6.92 Å². The number of rotatable bonds is 8. The van der Waals surface area contributed by atoms with Crippen LogP contribution in [0.2, 0.25) is 0 Å². The highest BCUT2D eigenvalue weighted by Gasteiger charge is 2.39. The molecule has 1 aromatic heterocycles. The van der Waals surface area contributed by atoms with Gasteiger partial charge in [0.1, 0.15) is 17.1 Å². The zero-order chi connectivity index (χ0) is 24.9. The molecular weight excluding hydrogens is 455 g/mol. The summed E-state index contributed by atoms with van der Waals surface area (Å²) >= 11 is 0. The lowest BCUT2D eigenvalue weighted by atomic mass is 9.80. The smallest absolute Gasteiger partial charge is 0.407 e. The molecular formula is C21H31FN4O6S. The van der Waals surface area contributed by atoms with Gasteiger partial charge in [-0.05, 0) is 39.7 Å². The van der Waals surface area contributed by atoms with Gasteiger partial charge >= 0.3 is 6.09 Å². The Hall–Kier alpha value is -2.73. The van der Waals surface area contributed by atoms with Crippen LogP contribution < -0.4 is 15.8 Å². The van der Waals surface area contributed by atoms with E-state index in [0.717, 1.165) is 6.20 Å². The van der Waals surface area contributed by atoms with Crippen molar-refractivity contribution in [2.75, 3.05) is 26.2 Å². The lowest BCUT2D eigenvalue weighted by Gasteiger charge is -2.36. The van der Waals surface area contributed by atoms with Crippen molar-refractivity contribution in [3.05, 3.63) is 30.2 Å². The highest BCUT2D eigenvalue weighted by molar-refractivity contribution is 7.89. The number of amides is 2. The van der Waals surface area contributed by atoms with Gasteiger partial charge in [-0.25, -0.2) is 22.6 Å². The fourth-order valence-corrected chi connectivity index (χ4v) is 4.40. The van der Waals surface area contributed by atoms with Crippen LogP contribution in [0.4, 0.5) is 9.18 Å². The predicted octanol–water partition coefficient (Wildman–Crippen LogP) is 2.11. The van der Waals surface area contributed by atoms with E-state index >= 15 is 0 Å². The first-order valence-electron chi connectivity index (χ1n) is 10.4. The summed E-state index contributed by atoms with van der Waals surface area (Å²) < 4.78 is 50.6. The number of nitrogens with two attached hydrogens (primary N) is 1. The third-order valence-electron chi connectivity index (χ3n) is 5.19. The molecule has 0 aromatic carbocycles. The summed E-state index contributed by atoms with van der Waals surface area (Å²) in [5.74, 6) is -0.351. The molecule has 1 saturated heterocycles. The molecule has 12 heteroatoms. The average Bonchev–Trinajstić information content (AvgIpc) is 2.73. The Morgan fingerprint density at radius 2 is 1.94 bits per heavy atom. The molecule has 0 unspecified atom stereocenters. The van der Waals surface area contributed by atoms with E-state index in [1.165, 1.54) is 16.4 Å². The zero-order valence-corrected chi connectivity index (χ0v) is 20.1. The maximum absolute atomic E-state index is 13.1. The quantitative estimate of drug-likeness (QED) is 0.573. The molecule has 0 saturated carbocycles. The van der Waals surface area contributed by atoms with Crippen LogP contribution in [0.1, 0.15) is 40.5 Å². The molecule has 0 radical (unpaired) electrons. The first-order chi connectivity index (χ1) is 15.3. The van der Waals surface area contributed by atoms with Crippen LogP contribution in [0.5, 0.6) is 5.88 Å². The summed E-state index contributed by atoms with van der Waals surface area (Å²) in [6.07, 6.45) is 1.46. The van der Waals surface area contributed by atoms with E-state index in [0.29, 0.717) is 19.2 Å². The number of ether oxygens (including phenoxy) is 2. The summed E-state index contributed by atoms with van der Waals surface area (Å²) in [6, 6.07) is 2.71. The molecule has 1 aromatic rings. The Kier molecular flexibility index (Phi) is 8.41. The van der Waals surface area contributed by atoms with Gasteiger partial charge in [-0.15, -0.1) is 0 Å².